The van der Waals surface area contributed by atoms with Gasteiger partial charge in [0.1, 0.15) is 23.9 Å². The average Bonchev–Trinajstić information content (AvgIpc) is 3.43. The molecule has 154 valence electrons. The summed E-state index contributed by atoms with van der Waals surface area (Å²) in [5, 5.41) is 2.95. The van der Waals surface area contributed by atoms with Crippen LogP contribution in [0.4, 0.5) is 0 Å². The molecule has 2 aromatic carbocycles. The number of ether oxygens (including phenoxy) is 2. The lowest BCUT2D eigenvalue weighted by Crippen LogP contribution is -2.28. The number of fused-ring (bicyclic) bond motifs is 1. The Labute approximate surface area is 174 Å². The van der Waals surface area contributed by atoms with Crippen molar-refractivity contribution in [3.63, 3.8) is 0 Å². The maximum atomic E-state index is 12.4. The number of nitrogens with zero attached hydrogens (tertiary/aromatic N) is 2. The van der Waals surface area contributed by atoms with Crippen LogP contribution in [0.25, 0.3) is 11.0 Å². The SMILES string of the molecule is COc1cccc(OCCn2c([C@H](C)NC(=O)c3ccco3)nc3ccccc32)c1. The lowest BCUT2D eigenvalue weighted by Gasteiger charge is -2.16. The van der Waals surface area contributed by atoms with Crippen LogP contribution in [0.1, 0.15) is 29.3 Å². The summed E-state index contributed by atoms with van der Waals surface area (Å²) >= 11 is 0. The van der Waals surface area contributed by atoms with Gasteiger partial charge in [0.05, 0.1) is 37.0 Å². The maximum absolute atomic E-state index is 12.4. The highest BCUT2D eigenvalue weighted by molar-refractivity contribution is 5.91. The highest BCUT2D eigenvalue weighted by Crippen LogP contribution is 2.22. The molecule has 2 aromatic heterocycles. The summed E-state index contributed by atoms with van der Waals surface area (Å²) in [4.78, 5) is 17.1. The first-order chi connectivity index (χ1) is 14.7. The number of hydrogen-bond acceptors (Lipinski definition) is 5. The van der Waals surface area contributed by atoms with Crippen LogP contribution in [0.5, 0.6) is 11.5 Å². The fourth-order valence-corrected chi connectivity index (χ4v) is 3.35. The van der Waals surface area contributed by atoms with Gasteiger partial charge in [-0.1, -0.05) is 18.2 Å². The van der Waals surface area contributed by atoms with Gasteiger partial charge < -0.3 is 23.8 Å². The molecule has 0 spiro atoms. The number of para-hydroxylation sites is 2. The minimum absolute atomic E-state index is 0.269. The van der Waals surface area contributed by atoms with E-state index in [0.29, 0.717) is 13.2 Å². The van der Waals surface area contributed by atoms with Crippen LogP contribution in [-0.4, -0.2) is 29.2 Å². The number of amides is 1. The molecule has 0 aliphatic heterocycles. The summed E-state index contributed by atoms with van der Waals surface area (Å²) < 4.78 is 18.4. The minimum atomic E-state index is -0.313. The van der Waals surface area contributed by atoms with Gasteiger partial charge in [-0.25, -0.2) is 4.98 Å². The molecule has 2 heterocycles. The Kier molecular flexibility index (Phi) is 5.70. The topological polar surface area (TPSA) is 78.5 Å². The van der Waals surface area contributed by atoms with E-state index in [1.165, 1.54) is 6.26 Å². The van der Waals surface area contributed by atoms with Crippen LogP contribution >= 0.6 is 0 Å². The van der Waals surface area contributed by atoms with Crippen LogP contribution in [0.3, 0.4) is 0 Å². The van der Waals surface area contributed by atoms with Gasteiger partial charge in [0.15, 0.2) is 5.76 Å². The summed E-state index contributed by atoms with van der Waals surface area (Å²) in [6.45, 7) is 2.93. The van der Waals surface area contributed by atoms with E-state index < -0.39 is 0 Å². The van der Waals surface area contributed by atoms with E-state index in [2.05, 4.69) is 9.88 Å². The second kappa shape index (κ2) is 8.73. The first-order valence-electron chi connectivity index (χ1n) is 9.72. The fraction of sp³-hybridized carbons (Fsp3) is 0.217. The number of furan rings is 1. The van der Waals surface area contributed by atoms with Gasteiger partial charge in [-0.2, -0.15) is 0 Å². The van der Waals surface area contributed by atoms with Crippen molar-refractivity contribution in [2.24, 2.45) is 0 Å². The summed E-state index contributed by atoms with van der Waals surface area (Å²) in [6, 6.07) is 18.4. The zero-order valence-corrected chi connectivity index (χ0v) is 16.9. The number of carbonyl (C=O) groups is 1. The van der Waals surface area contributed by atoms with Crippen LogP contribution < -0.4 is 14.8 Å². The summed E-state index contributed by atoms with van der Waals surface area (Å²) in [7, 11) is 1.63. The van der Waals surface area contributed by atoms with Gasteiger partial charge in [0.25, 0.3) is 5.91 Å². The third-order valence-electron chi connectivity index (χ3n) is 4.79. The third kappa shape index (κ3) is 4.15. The Morgan fingerprint density at radius 3 is 2.77 bits per heavy atom. The van der Waals surface area contributed by atoms with Gasteiger partial charge in [0, 0.05) is 6.07 Å². The van der Waals surface area contributed by atoms with Crippen LogP contribution in [0, 0.1) is 0 Å². The van der Waals surface area contributed by atoms with Crippen LogP contribution in [0.2, 0.25) is 0 Å². The number of carbonyl (C=O) groups excluding carboxylic acids is 1. The highest BCUT2D eigenvalue weighted by Gasteiger charge is 2.20. The van der Waals surface area contributed by atoms with Crippen molar-refractivity contribution in [2.75, 3.05) is 13.7 Å². The Hall–Kier alpha value is -3.74. The number of benzene rings is 2. The molecule has 1 amide bonds. The van der Waals surface area contributed by atoms with Crippen LogP contribution in [0.15, 0.2) is 71.3 Å². The van der Waals surface area contributed by atoms with Crippen molar-refractivity contribution < 1.29 is 18.7 Å². The molecule has 1 N–H and O–H groups in total. The molecular weight excluding hydrogens is 382 g/mol. The van der Waals surface area contributed by atoms with Gasteiger partial charge >= 0.3 is 0 Å². The van der Waals surface area contributed by atoms with E-state index in [1.54, 1.807) is 19.2 Å². The monoisotopic (exact) mass is 405 g/mol. The fourth-order valence-electron chi connectivity index (χ4n) is 3.35. The molecule has 0 saturated carbocycles. The first kappa shape index (κ1) is 19.6. The van der Waals surface area contributed by atoms with Crippen molar-refractivity contribution in [2.45, 2.75) is 19.5 Å². The Balaban J connectivity index is 1.53. The van der Waals surface area contributed by atoms with E-state index in [-0.39, 0.29) is 17.7 Å². The number of aromatic nitrogens is 2. The quantitative estimate of drug-likeness (QED) is 0.475. The van der Waals surface area contributed by atoms with E-state index in [9.17, 15) is 4.79 Å². The molecule has 7 heteroatoms. The molecule has 0 aliphatic rings. The average molecular weight is 405 g/mol. The van der Waals surface area contributed by atoms with Gasteiger partial charge in [-0.15, -0.1) is 0 Å². The third-order valence-corrected chi connectivity index (χ3v) is 4.79. The summed E-state index contributed by atoms with van der Waals surface area (Å²) in [6.07, 6.45) is 1.48. The first-order valence-corrected chi connectivity index (χ1v) is 9.72. The van der Waals surface area contributed by atoms with E-state index in [0.717, 1.165) is 28.4 Å². The molecule has 30 heavy (non-hydrogen) atoms. The maximum Gasteiger partial charge on any atom is 0.287 e. The van der Waals surface area contributed by atoms with E-state index in [1.807, 2.05) is 55.5 Å². The molecule has 4 aromatic rings. The molecule has 1 atom stereocenters. The number of imidazole rings is 1. The molecule has 4 rings (SSSR count). The van der Waals surface area contributed by atoms with E-state index in [4.69, 9.17) is 18.9 Å². The zero-order valence-electron chi connectivity index (χ0n) is 16.9. The summed E-state index contributed by atoms with van der Waals surface area (Å²) in [5.74, 6) is 2.23. The Morgan fingerprint density at radius 2 is 1.97 bits per heavy atom. The number of hydrogen-bond donors (Lipinski definition) is 1. The van der Waals surface area contributed by atoms with Crippen LogP contribution in [-0.2, 0) is 6.54 Å². The van der Waals surface area contributed by atoms with Gasteiger partial charge in [-0.05, 0) is 43.3 Å². The summed E-state index contributed by atoms with van der Waals surface area (Å²) in [5.41, 5.74) is 1.86. The number of rotatable bonds is 8. The molecular formula is C23H23N3O4. The standard InChI is InChI=1S/C23H23N3O4/c1-16(24-23(27)21-11-6-13-30-21)22-25-19-9-3-4-10-20(19)26(22)12-14-29-18-8-5-7-17(15-18)28-2/h3-11,13,15-16H,12,14H2,1-2H3,(H,24,27)/t16-/m0/s1. The van der Waals surface area contributed by atoms with Crippen molar-refractivity contribution in [3.8, 4) is 11.5 Å². The van der Waals surface area contributed by atoms with Crippen molar-refractivity contribution in [1.82, 2.24) is 14.9 Å². The minimum Gasteiger partial charge on any atom is -0.497 e. The second-order valence-electron chi connectivity index (χ2n) is 6.81. The Bertz CT molecular complexity index is 1130. The molecule has 0 saturated heterocycles. The smallest absolute Gasteiger partial charge is 0.287 e. The largest absolute Gasteiger partial charge is 0.497 e. The molecule has 0 aliphatic carbocycles. The van der Waals surface area contributed by atoms with Crippen molar-refractivity contribution in [1.29, 1.82) is 0 Å². The number of methoxy groups -OCH3 is 1. The lowest BCUT2D eigenvalue weighted by molar-refractivity contribution is 0.0909. The highest BCUT2D eigenvalue weighted by atomic mass is 16.5. The zero-order chi connectivity index (χ0) is 20.9. The van der Waals surface area contributed by atoms with Crippen molar-refractivity contribution >= 4 is 16.9 Å². The second-order valence-corrected chi connectivity index (χ2v) is 6.81. The molecule has 0 bridgehead atoms. The normalized spacial score (nSPS) is 11.9. The lowest BCUT2D eigenvalue weighted by atomic mass is 10.3. The predicted molar refractivity (Wildman–Crippen MR) is 113 cm³/mol. The predicted octanol–water partition coefficient (Wildman–Crippen LogP) is 4.21. The number of nitrogens with one attached hydrogen (secondary N) is 1. The van der Waals surface area contributed by atoms with Gasteiger partial charge in [0.2, 0.25) is 0 Å². The van der Waals surface area contributed by atoms with Crippen molar-refractivity contribution in [3.05, 3.63) is 78.5 Å². The Morgan fingerprint density at radius 1 is 1.13 bits per heavy atom. The molecule has 0 fully saturated rings. The molecule has 0 unspecified atom stereocenters. The molecule has 7 nitrogen and oxygen atoms in total. The van der Waals surface area contributed by atoms with E-state index >= 15 is 0 Å². The molecule has 0 radical (unpaired) electrons. The van der Waals surface area contributed by atoms with Gasteiger partial charge in [-0.3, -0.25) is 4.79 Å².